The third-order valence-electron chi connectivity index (χ3n) is 2.38. The second-order valence-corrected chi connectivity index (χ2v) is 5.32. The topological polar surface area (TPSA) is 61.8 Å². The molecule has 0 amide bonds. The minimum Gasteiger partial charge on any atom is -0.397 e. The van der Waals surface area contributed by atoms with Crippen LogP contribution in [0.3, 0.4) is 0 Å². The van der Waals surface area contributed by atoms with E-state index in [9.17, 15) is 0 Å². The normalized spacial score (nSPS) is 9.83. The summed E-state index contributed by atoms with van der Waals surface area (Å²) < 4.78 is 1.06. The molecule has 3 nitrogen and oxygen atoms in total. The number of benzene rings is 2. The molecule has 2 aromatic rings. The van der Waals surface area contributed by atoms with E-state index in [1.54, 1.807) is 18.2 Å². The van der Waals surface area contributed by atoms with Crippen LogP contribution in [0.5, 0.6) is 0 Å². The van der Waals surface area contributed by atoms with Crippen LogP contribution in [0.25, 0.3) is 0 Å². The van der Waals surface area contributed by atoms with Crippen molar-refractivity contribution in [2.75, 3.05) is 11.1 Å². The monoisotopic (exact) mass is 369 g/mol. The van der Waals surface area contributed by atoms with Crippen LogP contribution in [0.1, 0.15) is 5.56 Å². The fourth-order valence-electron chi connectivity index (χ4n) is 1.47. The Morgan fingerprint density at radius 3 is 2.61 bits per heavy atom. The Labute approximate surface area is 124 Å². The molecule has 3 N–H and O–H groups in total. The van der Waals surface area contributed by atoms with Crippen molar-refractivity contribution in [1.82, 2.24) is 0 Å². The lowest BCUT2D eigenvalue weighted by atomic mass is 10.2. The van der Waals surface area contributed by atoms with Gasteiger partial charge in [-0.3, -0.25) is 0 Å². The molecule has 0 bridgehead atoms. The Morgan fingerprint density at radius 2 is 1.94 bits per heavy atom. The van der Waals surface area contributed by atoms with Crippen molar-refractivity contribution < 1.29 is 0 Å². The summed E-state index contributed by atoms with van der Waals surface area (Å²) in [4.78, 5) is 0. The standard InChI is InChI=1S/C13H9ClIN3/c14-10-6-9(15)2-4-12(10)18-13-5-8(7-16)1-3-11(13)17/h1-6,18H,17H2. The first-order valence-corrected chi connectivity index (χ1v) is 6.57. The molecule has 0 aliphatic rings. The number of nitrogens with two attached hydrogens (primary N) is 1. The Kier molecular flexibility index (Phi) is 3.94. The molecule has 0 radical (unpaired) electrons. The van der Waals surface area contributed by atoms with Crippen LogP contribution in [0.4, 0.5) is 17.1 Å². The van der Waals surface area contributed by atoms with Crippen LogP contribution in [0, 0.1) is 14.9 Å². The van der Waals surface area contributed by atoms with E-state index < -0.39 is 0 Å². The van der Waals surface area contributed by atoms with Crippen molar-refractivity contribution in [2.24, 2.45) is 0 Å². The van der Waals surface area contributed by atoms with E-state index in [1.807, 2.05) is 18.2 Å². The molecule has 5 heteroatoms. The average molecular weight is 370 g/mol. The van der Waals surface area contributed by atoms with Crippen molar-refractivity contribution in [1.29, 1.82) is 5.26 Å². The number of rotatable bonds is 2. The molecule has 0 saturated carbocycles. The lowest BCUT2D eigenvalue weighted by molar-refractivity contribution is 1.47. The van der Waals surface area contributed by atoms with Gasteiger partial charge in [0.1, 0.15) is 0 Å². The quantitative estimate of drug-likeness (QED) is 0.618. The van der Waals surface area contributed by atoms with Crippen molar-refractivity contribution >= 4 is 51.3 Å². The number of nitrogen functional groups attached to an aromatic ring is 1. The van der Waals surface area contributed by atoms with Gasteiger partial charge in [0.25, 0.3) is 0 Å². The summed E-state index contributed by atoms with van der Waals surface area (Å²) in [6, 6.07) is 12.8. The van der Waals surface area contributed by atoms with Crippen molar-refractivity contribution in [3.05, 3.63) is 50.6 Å². The van der Waals surface area contributed by atoms with Crippen LogP contribution in [-0.2, 0) is 0 Å². The minimum absolute atomic E-state index is 0.549. The summed E-state index contributed by atoms with van der Waals surface area (Å²) in [5.74, 6) is 0. The Bertz CT molecular complexity index is 635. The van der Waals surface area contributed by atoms with Gasteiger partial charge in [0.2, 0.25) is 0 Å². The highest BCUT2D eigenvalue weighted by atomic mass is 127. The smallest absolute Gasteiger partial charge is 0.0992 e. The molecule has 18 heavy (non-hydrogen) atoms. The van der Waals surface area contributed by atoms with Gasteiger partial charge in [-0.05, 0) is 59.0 Å². The maximum atomic E-state index is 8.86. The summed E-state index contributed by atoms with van der Waals surface area (Å²) in [5.41, 5.74) is 8.42. The zero-order valence-electron chi connectivity index (χ0n) is 9.24. The van der Waals surface area contributed by atoms with Gasteiger partial charge >= 0.3 is 0 Å². The second-order valence-electron chi connectivity index (χ2n) is 3.66. The van der Waals surface area contributed by atoms with Gasteiger partial charge in [-0.2, -0.15) is 5.26 Å². The lowest BCUT2D eigenvalue weighted by Gasteiger charge is -2.11. The highest BCUT2D eigenvalue weighted by Crippen LogP contribution is 2.30. The summed E-state index contributed by atoms with van der Waals surface area (Å²) in [5, 5.41) is 12.6. The highest BCUT2D eigenvalue weighted by Gasteiger charge is 2.05. The maximum absolute atomic E-state index is 8.86. The van der Waals surface area contributed by atoms with Crippen LogP contribution in [0.2, 0.25) is 5.02 Å². The third kappa shape index (κ3) is 2.86. The van der Waals surface area contributed by atoms with E-state index in [4.69, 9.17) is 22.6 Å². The fourth-order valence-corrected chi connectivity index (χ4v) is 2.37. The van der Waals surface area contributed by atoms with Crippen molar-refractivity contribution in [2.45, 2.75) is 0 Å². The Morgan fingerprint density at radius 1 is 1.17 bits per heavy atom. The number of hydrogen-bond donors (Lipinski definition) is 2. The number of halogens is 2. The van der Waals surface area contributed by atoms with Gasteiger partial charge < -0.3 is 11.1 Å². The van der Waals surface area contributed by atoms with Crippen LogP contribution in [-0.4, -0.2) is 0 Å². The predicted octanol–water partition coefficient (Wildman–Crippen LogP) is 4.14. The largest absolute Gasteiger partial charge is 0.397 e. The molecule has 0 heterocycles. The third-order valence-corrected chi connectivity index (χ3v) is 3.37. The van der Waals surface area contributed by atoms with Gasteiger partial charge in [-0.1, -0.05) is 11.6 Å². The molecule has 0 saturated heterocycles. The first-order valence-electron chi connectivity index (χ1n) is 5.12. The fraction of sp³-hybridized carbons (Fsp3) is 0. The van der Waals surface area contributed by atoms with Gasteiger partial charge in [-0.15, -0.1) is 0 Å². The second kappa shape index (κ2) is 5.46. The van der Waals surface area contributed by atoms with E-state index in [1.165, 1.54) is 0 Å². The maximum Gasteiger partial charge on any atom is 0.0992 e. The summed E-state index contributed by atoms with van der Waals surface area (Å²) in [6.07, 6.45) is 0. The molecule has 0 aliphatic heterocycles. The SMILES string of the molecule is N#Cc1ccc(N)c(Nc2ccc(I)cc2Cl)c1. The summed E-state index contributed by atoms with van der Waals surface area (Å²) in [7, 11) is 0. The van der Waals surface area contributed by atoms with Gasteiger partial charge in [-0.25, -0.2) is 0 Å². The lowest BCUT2D eigenvalue weighted by Crippen LogP contribution is -1.97. The minimum atomic E-state index is 0.549. The molecule has 0 unspecified atom stereocenters. The molecular weight excluding hydrogens is 361 g/mol. The molecule has 0 atom stereocenters. The first-order chi connectivity index (χ1) is 8.60. The van der Waals surface area contributed by atoms with Crippen LogP contribution in [0.15, 0.2) is 36.4 Å². The Balaban J connectivity index is 2.37. The van der Waals surface area contributed by atoms with Crippen molar-refractivity contribution in [3.63, 3.8) is 0 Å². The van der Waals surface area contributed by atoms with E-state index in [0.717, 1.165) is 9.26 Å². The zero-order valence-corrected chi connectivity index (χ0v) is 12.2. The predicted molar refractivity (Wildman–Crippen MR) is 83.0 cm³/mol. The summed E-state index contributed by atoms with van der Waals surface area (Å²) >= 11 is 8.32. The number of nitrogens with one attached hydrogen (secondary N) is 1. The molecule has 0 aliphatic carbocycles. The van der Waals surface area contributed by atoms with Crippen LogP contribution >= 0.6 is 34.2 Å². The number of nitriles is 1. The molecular formula is C13H9ClIN3. The summed E-state index contributed by atoms with van der Waals surface area (Å²) in [6.45, 7) is 0. The molecule has 2 rings (SSSR count). The van der Waals surface area contributed by atoms with E-state index >= 15 is 0 Å². The zero-order chi connectivity index (χ0) is 13.1. The number of nitrogens with zero attached hydrogens (tertiary/aromatic N) is 1. The molecule has 0 spiro atoms. The number of hydrogen-bond acceptors (Lipinski definition) is 3. The van der Waals surface area contributed by atoms with Crippen molar-refractivity contribution in [3.8, 4) is 6.07 Å². The van der Waals surface area contributed by atoms with Crippen LogP contribution < -0.4 is 11.1 Å². The molecule has 90 valence electrons. The van der Waals surface area contributed by atoms with E-state index in [2.05, 4.69) is 34.0 Å². The van der Waals surface area contributed by atoms with Gasteiger partial charge in [0.05, 0.1) is 33.7 Å². The number of anilines is 3. The molecule has 2 aromatic carbocycles. The van der Waals surface area contributed by atoms with Gasteiger partial charge in [0, 0.05) is 3.57 Å². The highest BCUT2D eigenvalue weighted by molar-refractivity contribution is 14.1. The van der Waals surface area contributed by atoms with E-state index in [-0.39, 0.29) is 0 Å². The molecule has 0 aromatic heterocycles. The van der Waals surface area contributed by atoms with E-state index in [0.29, 0.717) is 22.0 Å². The van der Waals surface area contributed by atoms with Gasteiger partial charge in [0.15, 0.2) is 0 Å². The molecule has 0 fully saturated rings. The first kappa shape index (κ1) is 13.0. The Hall–Kier alpha value is -1.45. The average Bonchev–Trinajstić information content (AvgIpc) is 2.35.